The topological polar surface area (TPSA) is 93.7 Å². The molecule has 0 aromatic heterocycles. The van der Waals surface area contributed by atoms with Gasteiger partial charge in [-0.25, -0.2) is 8.42 Å². The van der Waals surface area contributed by atoms with Crippen LogP contribution in [0.1, 0.15) is 15.9 Å². The lowest BCUT2D eigenvalue weighted by atomic mass is 10.2. The molecule has 0 spiro atoms. The molecule has 8 heteroatoms. The molecule has 1 atom stereocenters. The monoisotopic (exact) mass is 438 g/mol. The Kier molecular flexibility index (Phi) is 5.81. The van der Waals surface area contributed by atoms with Crippen molar-refractivity contribution < 1.29 is 22.7 Å². The van der Waals surface area contributed by atoms with Crippen LogP contribution in [0.25, 0.3) is 0 Å². The van der Waals surface area contributed by atoms with Gasteiger partial charge in [0.1, 0.15) is 12.7 Å². The Balaban J connectivity index is 1.39. The van der Waals surface area contributed by atoms with E-state index in [2.05, 4.69) is 10.0 Å². The van der Waals surface area contributed by atoms with E-state index in [1.54, 1.807) is 42.5 Å². The SMILES string of the molecule is Cc1ccc(S(=O)(=O)Nc2cccc(C(=O)NCC3COc4ccccc4O3)c2)cc1. The summed E-state index contributed by atoms with van der Waals surface area (Å²) in [6.07, 6.45) is -0.318. The van der Waals surface area contributed by atoms with Gasteiger partial charge in [-0.05, 0) is 49.4 Å². The van der Waals surface area contributed by atoms with Gasteiger partial charge in [-0.15, -0.1) is 0 Å². The second-order valence-electron chi connectivity index (χ2n) is 7.21. The van der Waals surface area contributed by atoms with Crippen LogP contribution >= 0.6 is 0 Å². The first-order chi connectivity index (χ1) is 14.9. The molecule has 0 radical (unpaired) electrons. The van der Waals surface area contributed by atoms with Gasteiger partial charge in [-0.2, -0.15) is 0 Å². The Labute approximate surface area is 181 Å². The summed E-state index contributed by atoms with van der Waals surface area (Å²) in [4.78, 5) is 12.7. The maximum Gasteiger partial charge on any atom is 0.261 e. The van der Waals surface area contributed by atoms with Crippen molar-refractivity contribution in [1.29, 1.82) is 0 Å². The predicted octanol–water partition coefficient (Wildman–Crippen LogP) is 3.37. The molecule has 1 aliphatic heterocycles. The Morgan fingerprint density at radius 2 is 1.74 bits per heavy atom. The van der Waals surface area contributed by atoms with Gasteiger partial charge in [0.2, 0.25) is 0 Å². The van der Waals surface area contributed by atoms with Crippen molar-refractivity contribution >= 4 is 21.6 Å². The average molecular weight is 439 g/mol. The molecule has 0 aliphatic carbocycles. The van der Waals surface area contributed by atoms with Gasteiger partial charge in [0.05, 0.1) is 11.4 Å². The zero-order valence-corrected chi connectivity index (χ0v) is 17.7. The second-order valence-corrected chi connectivity index (χ2v) is 8.89. The van der Waals surface area contributed by atoms with Gasteiger partial charge in [-0.1, -0.05) is 35.9 Å². The maximum absolute atomic E-state index is 12.6. The zero-order chi connectivity index (χ0) is 21.8. The number of nitrogens with one attached hydrogen (secondary N) is 2. The molecule has 1 heterocycles. The van der Waals surface area contributed by atoms with E-state index in [4.69, 9.17) is 9.47 Å². The Bertz CT molecular complexity index is 1190. The molecule has 160 valence electrons. The smallest absolute Gasteiger partial charge is 0.261 e. The van der Waals surface area contributed by atoms with Gasteiger partial charge in [-0.3, -0.25) is 9.52 Å². The van der Waals surface area contributed by atoms with E-state index < -0.39 is 10.0 Å². The summed E-state index contributed by atoms with van der Waals surface area (Å²) >= 11 is 0. The minimum Gasteiger partial charge on any atom is -0.486 e. The Hall–Kier alpha value is -3.52. The van der Waals surface area contributed by atoms with Crippen LogP contribution in [0.5, 0.6) is 11.5 Å². The number of para-hydroxylation sites is 2. The number of rotatable bonds is 6. The standard InChI is InChI=1S/C23H22N2O5S/c1-16-9-11-20(12-10-16)31(27,28)25-18-6-4-5-17(13-18)23(26)24-14-19-15-29-21-7-2-3-8-22(21)30-19/h2-13,19,25H,14-15H2,1H3,(H,24,26). The summed E-state index contributed by atoms with van der Waals surface area (Å²) < 4.78 is 39.2. The second kappa shape index (κ2) is 8.69. The van der Waals surface area contributed by atoms with E-state index >= 15 is 0 Å². The average Bonchev–Trinajstić information content (AvgIpc) is 2.77. The van der Waals surface area contributed by atoms with Gasteiger partial charge < -0.3 is 14.8 Å². The molecular formula is C23H22N2O5S. The van der Waals surface area contributed by atoms with E-state index in [1.807, 2.05) is 31.2 Å². The normalized spacial score (nSPS) is 15.2. The molecule has 3 aromatic rings. The van der Waals surface area contributed by atoms with Crippen molar-refractivity contribution in [2.24, 2.45) is 0 Å². The number of fused-ring (bicyclic) bond motifs is 1. The lowest BCUT2D eigenvalue weighted by molar-refractivity contribution is 0.0789. The highest BCUT2D eigenvalue weighted by molar-refractivity contribution is 7.92. The number of ether oxygens (including phenoxy) is 2. The third-order valence-corrected chi connectivity index (χ3v) is 6.16. The molecule has 0 saturated heterocycles. The molecule has 0 saturated carbocycles. The van der Waals surface area contributed by atoms with Crippen LogP contribution in [0, 0.1) is 6.92 Å². The van der Waals surface area contributed by atoms with Crippen molar-refractivity contribution in [3.63, 3.8) is 0 Å². The highest BCUT2D eigenvalue weighted by Gasteiger charge is 2.21. The first kappa shape index (κ1) is 20.7. The number of carbonyl (C=O) groups excluding carboxylic acids is 1. The predicted molar refractivity (Wildman–Crippen MR) is 117 cm³/mol. The third kappa shape index (κ3) is 4.97. The summed E-state index contributed by atoms with van der Waals surface area (Å²) in [6, 6.07) is 20.2. The van der Waals surface area contributed by atoms with Gasteiger partial charge in [0, 0.05) is 11.3 Å². The zero-order valence-electron chi connectivity index (χ0n) is 16.9. The van der Waals surface area contributed by atoms with Crippen molar-refractivity contribution in [3.05, 3.63) is 83.9 Å². The number of hydrogen-bond acceptors (Lipinski definition) is 5. The van der Waals surface area contributed by atoms with Crippen LogP contribution in [0.2, 0.25) is 0 Å². The molecule has 3 aromatic carbocycles. The van der Waals surface area contributed by atoms with Gasteiger partial charge in [0.25, 0.3) is 15.9 Å². The number of sulfonamides is 1. The van der Waals surface area contributed by atoms with Crippen molar-refractivity contribution in [1.82, 2.24) is 5.32 Å². The summed E-state index contributed by atoms with van der Waals surface area (Å²) in [6.45, 7) is 2.47. The summed E-state index contributed by atoms with van der Waals surface area (Å²) in [7, 11) is -3.75. The molecule has 0 fully saturated rings. The van der Waals surface area contributed by atoms with E-state index in [9.17, 15) is 13.2 Å². The summed E-state index contributed by atoms with van der Waals surface area (Å²) in [5.41, 5.74) is 1.61. The number of amides is 1. The first-order valence-electron chi connectivity index (χ1n) is 9.77. The van der Waals surface area contributed by atoms with Crippen LogP contribution in [-0.2, 0) is 10.0 Å². The lowest BCUT2D eigenvalue weighted by Crippen LogP contribution is -2.40. The first-order valence-corrected chi connectivity index (χ1v) is 11.3. The highest BCUT2D eigenvalue weighted by Crippen LogP contribution is 2.30. The molecule has 7 nitrogen and oxygen atoms in total. The number of benzene rings is 3. The van der Waals surface area contributed by atoms with E-state index in [0.717, 1.165) is 5.56 Å². The van der Waals surface area contributed by atoms with Gasteiger partial charge in [0.15, 0.2) is 11.5 Å². The molecule has 31 heavy (non-hydrogen) atoms. The molecule has 0 bridgehead atoms. The third-order valence-electron chi connectivity index (χ3n) is 4.77. The highest BCUT2D eigenvalue weighted by atomic mass is 32.2. The minimum absolute atomic E-state index is 0.155. The molecule has 1 unspecified atom stereocenters. The number of hydrogen-bond donors (Lipinski definition) is 2. The fourth-order valence-corrected chi connectivity index (χ4v) is 4.18. The molecule has 1 amide bonds. The van der Waals surface area contributed by atoms with Crippen LogP contribution in [0.15, 0.2) is 77.7 Å². The van der Waals surface area contributed by atoms with E-state index in [1.165, 1.54) is 6.07 Å². The Morgan fingerprint density at radius 1 is 1.00 bits per heavy atom. The summed E-state index contributed by atoms with van der Waals surface area (Å²) in [5.74, 6) is 0.984. The number of anilines is 1. The van der Waals surface area contributed by atoms with Crippen molar-refractivity contribution in [3.8, 4) is 11.5 Å². The van der Waals surface area contributed by atoms with Crippen LogP contribution in [0.4, 0.5) is 5.69 Å². The minimum atomic E-state index is -3.75. The quantitative estimate of drug-likeness (QED) is 0.616. The fourth-order valence-electron chi connectivity index (χ4n) is 3.13. The Morgan fingerprint density at radius 3 is 2.52 bits per heavy atom. The number of aryl methyl sites for hydroxylation is 1. The van der Waals surface area contributed by atoms with Crippen LogP contribution < -0.4 is 19.5 Å². The van der Waals surface area contributed by atoms with E-state index in [-0.39, 0.29) is 23.5 Å². The van der Waals surface area contributed by atoms with Crippen LogP contribution in [-0.4, -0.2) is 33.6 Å². The van der Waals surface area contributed by atoms with Crippen LogP contribution in [0.3, 0.4) is 0 Å². The molecule has 1 aliphatic rings. The van der Waals surface area contributed by atoms with Crippen molar-refractivity contribution in [2.75, 3.05) is 17.9 Å². The van der Waals surface area contributed by atoms with E-state index in [0.29, 0.717) is 29.4 Å². The molecule has 2 N–H and O–H groups in total. The number of carbonyl (C=O) groups is 1. The summed E-state index contributed by atoms with van der Waals surface area (Å²) in [5, 5.41) is 2.81. The van der Waals surface area contributed by atoms with Gasteiger partial charge >= 0.3 is 0 Å². The van der Waals surface area contributed by atoms with Crippen molar-refractivity contribution in [2.45, 2.75) is 17.9 Å². The molecule has 4 rings (SSSR count). The largest absolute Gasteiger partial charge is 0.486 e. The fraction of sp³-hybridized carbons (Fsp3) is 0.174. The maximum atomic E-state index is 12.6. The lowest BCUT2D eigenvalue weighted by Gasteiger charge is -2.26. The molecular weight excluding hydrogens is 416 g/mol.